The van der Waals surface area contributed by atoms with Crippen LogP contribution in [-0.4, -0.2) is 18.0 Å². The fourth-order valence-electron chi connectivity index (χ4n) is 2.23. The molecule has 2 rings (SSSR count). The van der Waals surface area contributed by atoms with Gasteiger partial charge in [-0.15, -0.1) is 0 Å². The molecule has 0 saturated carbocycles. The Morgan fingerprint density at radius 2 is 1.72 bits per heavy atom. The molecule has 0 radical (unpaired) electrons. The van der Waals surface area contributed by atoms with Crippen LogP contribution in [0.15, 0.2) is 48.5 Å². The Morgan fingerprint density at radius 1 is 1.04 bits per heavy atom. The van der Waals surface area contributed by atoms with Gasteiger partial charge >= 0.3 is 5.97 Å². The molecule has 2 aromatic carbocycles. The molecule has 130 valence electrons. The lowest BCUT2D eigenvalue weighted by Gasteiger charge is -2.14. The van der Waals surface area contributed by atoms with Gasteiger partial charge in [-0.1, -0.05) is 42.0 Å². The van der Waals surface area contributed by atoms with E-state index in [0.717, 1.165) is 27.9 Å². The van der Waals surface area contributed by atoms with Crippen molar-refractivity contribution in [2.24, 2.45) is 0 Å². The first kappa shape index (κ1) is 18.5. The van der Waals surface area contributed by atoms with Gasteiger partial charge in [0.1, 0.15) is 0 Å². The molecule has 4 nitrogen and oxygen atoms in total. The Kier molecular flexibility index (Phi) is 6.12. The van der Waals surface area contributed by atoms with Crippen molar-refractivity contribution in [3.05, 3.63) is 70.8 Å². The van der Waals surface area contributed by atoms with Crippen LogP contribution in [-0.2, 0) is 14.3 Å². The van der Waals surface area contributed by atoms with E-state index in [1.54, 1.807) is 13.0 Å². The number of esters is 1. The molecule has 1 unspecified atom stereocenters. The standard InChI is InChI=1S/C21H23NO3/c1-14-8-10-18(11-9-14)12-13-20(23)25-17(4)21(24)22-19-7-5-6-15(2)16(19)3/h5-13,17H,1-4H3,(H,22,24). The maximum Gasteiger partial charge on any atom is 0.331 e. The highest BCUT2D eigenvalue weighted by molar-refractivity contribution is 5.97. The van der Waals surface area contributed by atoms with Crippen LogP contribution < -0.4 is 5.32 Å². The van der Waals surface area contributed by atoms with Crippen LogP contribution in [0.25, 0.3) is 6.08 Å². The first-order valence-electron chi connectivity index (χ1n) is 8.19. The third-order valence-corrected chi connectivity index (χ3v) is 4.01. The molecule has 0 aliphatic carbocycles. The summed E-state index contributed by atoms with van der Waals surface area (Å²) in [6.45, 7) is 7.46. The summed E-state index contributed by atoms with van der Waals surface area (Å²) in [6, 6.07) is 13.4. The van der Waals surface area contributed by atoms with Crippen LogP contribution in [0.5, 0.6) is 0 Å². The number of aryl methyl sites for hydroxylation is 2. The van der Waals surface area contributed by atoms with Gasteiger partial charge in [0, 0.05) is 11.8 Å². The van der Waals surface area contributed by atoms with Crippen molar-refractivity contribution in [3.8, 4) is 0 Å². The van der Waals surface area contributed by atoms with Crippen LogP contribution in [0.2, 0.25) is 0 Å². The van der Waals surface area contributed by atoms with Crippen LogP contribution in [0.1, 0.15) is 29.2 Å². The second-order valence-corrected chi connectivity index (χ2v) is 6.06. The van der Waals surface area contributed by atoms with Gasteiger partial charge in [0.05, 0.1) is 0 Å². The molecule has 0 fully saturated rings. The van der Waals surface area contributed by atoms with Crippen molar-refractivity contribution < 1.29 is 14.3 Å². The van der Waals surface area contributed by atoms with Crippen molar-refractivity contribution in [3.63, 3.8) is 0 Å². The summed E-state index contributed by atoms with van der Waals surface area (Å²) in [7, 11) is 0. The maximum absolute atomic E-state index is 12.2. The molecular formula is C21H23NO3. The van der Waals surface area contributed by atoms with Crippen molar-refractivity contribution in [2.75, 3.05) is 5.32 Å². The van der Waals surface area contributed by atoms with Crippen LogP contribution in [0, 0.1) is 20.8 Å². The molecule has 0 saturated heterocycles. The Bertz CT molecular complexity index is 791. The lowest BCUT2D eigenvalue weighted by molar-refractivity contribution is -0.148. The first-order chi connectivity index (χ1) is 11.9. The highest BCUT2D eigenvalue weighted by atomic mass is 16.5. The molecule has 4 heteroatoms. The summed E-state index contributed by atoms with van der Waals surface area (Å²) in [5, 5.41) is 2.80. The number of hydrogen-bond acceptors (Lipinski definition) is 3. The average Bonchev–Trinajstić information content (AvgIpc) is 2.58. The summed E-state index contributed by atoms with van der Waals surface area (Å²) >= 11 is 0. The minimum absolute atomic E-state index is 0.356. The van der Waals surface area contributed by atoms with E-state index in [1.807, 2.05) is 63.2 Å². The zero-order valence-corrected chi connectivity index (χ0v) is 15.0. The summed E-state index contributed by atoms with van der Waals surface area (Å²) in [5.41, 5.74) is 4.85. The number of amides is 1. The molecule has 0 heterocycles. The number of carbonyl (C=O) groups is 2. The van der Waals surface area contributed by atoms with Gasteiger partial charge in [0.25, 0.3) is 5.91 Å². The van der Waals surface area contributed by atoms with Crippen LogP contribution in [0.4, 0.5) is 5.69 Å². The van der Waals surface area contributed by atoms with Gasteiger partial charge in [-0.2, -0.15) is 0 Å². The van der Waals surface area contributed by atoms with Crippen molar-refractivity contribution in [1.29, 1.82) is 0 Å². The molecular weight excluding hydrogens is 314 g/mol. The second kappa shape index (κ2) is 8.29. The molecule has 1 atom stereocenters. The zero-order valence-electron chi connectivity index (χ0n) is 15.0. The summed E-state index contributed by atoms with van der Waals surface area (Å²) in [6.07, 6.45) is 2.11. The highest BCUT2D eigenvalue weighted by Crippen LogP contribution is 2.18. The summed E-state index contributed by atoms with van der Waals surface area (Å²) in [4.78, 5) is 24.1. The van der Waals surface area contributed by atoms with Crippen molar-refractivity contribution in [2.45, 2.75) is 33.8 Å². The number of ether oxygens (including phenoxy) is 1. The molecule has 0 aromatic heterocycles. The minimum atomic E-state index is -0.880. The van der Waals surface area contributed by atoms with E-state index in [2.05, 4.69) is 5.32 Å². The third-order valence-electron chi connectivity index (χ3n) is 4.01. The molecule has 25 heavy (non-hydrogen) atoms. The van der Waals surface area contributed by atoms with Crippen molar-refractivity contribution >= 4 is 23.6 Å². The number of carbonyl (C=O) groups excluding carboxylic acids is 2. The number of rotatable bonds is 5. The Labute approximate surface area is 148 Å². The maximum atomic E-state index is 12.2. The molecule has 2 aromatic rings. The van der Waals surface area contributed by atoms with Gasteiger partial charge < -0.3 is 10.1 Å². The normalized spacial score (nSPS) is 12.0. The van der Waals surface area contributed by atoms with E-state index < -0.39 is 12.1 Å². The third kappa shape index (κ3) is 5.31. The first-order valence-corrected chi connectivity index (χ1v) is 8.19. The minimum Gasteiger partial charge on any atom is -0.449 e. The van der Waals surface area contributed by atoms with Gasteiger partial charge in [-0.05, 0) is 56.5 Å². The summed E-state index contributed by atoms with van der Waals surface area (Å²) < 4.78 is 5.16. The largest absolute Gasteiger partial charge is 0.449 e. The topological polar surface area (TPSA) is 55.4 Å². The molecule has 1 N–H and O–H groups in total. The molecule has 1 amide bonds. The van der Waals surface area contributed by atoms with E-state index in [4.69, 9.17) is 4.74 Å². The SMILES string of the molecule is Cc1ccc(C=CC(=O)OC(C)C(=O)Nc2cccc(C)c2C)cc1. The Balaban J connectivity index is 1.92. The Hall–Kier alpha value is -2.88. The smallest absolute Gasteiger partial charge is 0.331 e. The average molecular weight is 337 g/mol. The van der Waals surface area contributed by atoms with E-state index >= 15 is 0 Å². The molecule has 0 aliphatic rings. The van der Waals surface area contributed by atoms with Gasteiger partial charge in [-0.3, -0.25) is 4.79 Å². The van der Waals surface area contributed by atoms with E-state index in [9.17, 15) is 9.59 Å². The fraction of sp³-hybridized carbons (Fsp3) is 0.238. The predicted molar refractivity (Wildman–Crippen MR) is 100 cm³/mol. The second-order valence-electron chi connectivity index (χ2n) is 6.06. The molecule has 0 aliphatic heterocycles. The number of nitrogens with one attached hydrogen (secondary N) is 1. The molecule has 0 bridgehead atoms. The van der Waals surface area contributed by atoms with Gasteiger partial charge in [-0.25, -0.2) is 4.79 Å². The van der Waals surface area contributed by atoms with Gasteiger partial charge in [0.2, 0.25) is 0 Å². The monoisotopic (exact) mass is 337 g/mol. The quantitative estimate of drug-likeness (QED) is 0.657. The zero-order chi connectivity index (χ0) is 18.4. The lowest BCUT2D eigenvalue weighted by atomic mass is 10.1. The van der Waals surface area contributed by atoms with E-state index in [0.29, 0.717) is 0 Å². The lowest BCUT2D eigenvalue weighted by Crippen LogP contribution is -2.29. The van der Waals surface area contributed by atoms with E-state index in [-0.39, 0.29) is 5.91 Å². The summed E-state index contributed by atoms with van der Waals surface area (Å²) in [5.74, 6) is -0.907. The van der Waals surface area contributed by atoms with Crippen LogP contribution >= 0.6 is 0 Å². The molecule has 0 spiro atoms. The predicted octanol–water partition coefficient (Wildman–Crippen LogP) is 4.20. The number of anilines is 1. The van der Waals surface area contributed by atoms with Crippen molar-refractivity contribution in [1.82, 2.24) is 0 Å². The highest BCUT2D eigenvalue weighted by Gasteiger charge is 2.17. The van der Waals surface area contributed by atoms with Crippen LogP contribution in [0.3, 0.4) is 0 Å². The van der Waals surface area contributed by atoms with Gasteiger partial charge in [0.15, 0.2) is 6.10 Å². The fourth-order valence-corrected chi connectivity index (χ4v) is 2.23. The number of hydrogen-bond donors (Lipinski definition) is 1. The van der Waals surface area contributed by atoms with E-state index in [1.165, 1.54) is 6.08 Å². The number of benzene rings is 2. The Morgan fingerprint density at radius 3 is 2.40 bits per heavy atom.